The smallest absolute Gasteiger partial charge is 0.321 e. The van der Waals surface area contributed by atoms with Crippen molar-refractivity contribution in [1.82, 2.24) is 20.8 Å². The summed E-state index contributed by atoms with van der Waals surface area (Å²) >= 11 is 2.08. The van der Waals surface area contributed by atoms with Crippen molar-refractivity contribution in [3.8, 4) is 26.9 Å². The Balaban J connectivity index is 1.53. The molecule has 4 rings (SSSR count). The lowest BCUT2D eigenvalue weighted by Crippen LogP contribution is -2.37. The van der Waals surface area contributed by atoms with Gasteiger partial charge in [0.2, 0.25) is 0 Å². The van der Waals surface area contributed by atoms with Gasteiger partial charge < -0.3 is 21.1 Å². The van der Waals surface area contributed by atoms with Crippen LogP contribution in [0.1, 0.15) is 10.4 Å². The second-order valence-electron chi connectivity index (χ2n) is 7.61. The molecule has 0 fully saturated rings. The number of nitrogens with zero attached hydrogens (tertiary/aromatic N) is 2. The highest BCUT2D eigenvalue weighted by Gasteiger charge is 2.20. The molecule has 4 aromatic rings. The summed E-state index contributed by atoms with van der Waals surface area (Å²) in [6.07, 6.45) is 0. The number of hydrogen-bond acceptors (Lipinski definition) is 10. The number of urea groups is 1. The fourth-order valence-electron chi connectivity index (χ4n) is 3.18. The van der Waals surface area contributed by atoms with E-state index < -0.39 is 36.0 Å². The quantitative estimate of drug-likeness (QED) is 0.136. The van der Waals surface area contributed by atoms with Crippen LogP contribution in [0.3, 0.4) is 0 Å². The van der Waals surface area contributed by atoms with Crippen molar-refractivity contribution in [2.24, 2.45) is 0 Å². The lowest BCUT2D eigenvalue weighted by atomic mass is 10.1. The highest BCUT2D eigenvalue weighted by atomic mass is 32.1. The van der Waals surface area contributed by atoms with Gasteiger partial charge in [-0.1, -0.05) is 17.4 Å². The first-order valence-corrected chi connectivity index (χ1v) is 12.5. The summed E-state index contributed by atoms with van der Waals surface area (Å²) < 4.78 is 34.3. The third-order valence-corrected chi connectivity index (χ3v) is 7.00. The van der Waals surface area contributed by atoms with Crippen LogP contribution in [0.2, 0.25) is 0 Å². The standard InChI is InChI=1S/C23H19F2N7O5S2/c1-37-11-4-2-3-10(5-11)20(34)28-15-6-12(13(24)7-14(15)25)16-9-38-21(29-16)18-19(26)30-23(39-18)31-22(35)27-8-17(33)32-36/h2-7,9,36H,8,26H2,1H3,(H,28,34)(H,32,33)(H2,27,30,31,35). The number of nitrogen functional groups attached to an aromatic ring is 1. The third kappa shape index (κ3) is 6.43. The van der Waals surface area contributed by atoms with E-state index in [2.05, 4.69) is 25.9 Å². The molecule has 7 N–H and O–H groups in total. The van der Waals surface area contributed by atoms with Crippen molar-refractivity contribution in [2.75, 3.05) is 30.0 Å². The molecule has 0 saturated carbocycles. The van der Waals surface area contributed by atoms with Crippen molar-refractivity contribution in [3.05, 3.63) is 59.0 Å². The van der Waals surface area contributed by atoms with E-state index >= 15 is 0 Å². The van der Waals surface area contributed by atoms with Crippen molar-refractivity contribution in [2.45, 2.75) is 0 Å². The molecule has 0 aliphatic heterocycles. The second-order valence-corrected chi connectivity index (χ2v) is 9.47. The Labute approximate surface area is 226 Å². The van der Waals surface area contributed by atoms with Crippen LogP contribution >= 0.6 is 22.7 Å². The molecule has 12 nitrogen and oxygen atoms in total. The Morgan fingerprint density at radius 3 is 2.64 bits per heavy atom. The number of carbonyl (C=O) groups excluding carboxylic acids is 3. The number of aromatic nitrogens is 2. The Kier molecular flexibility index (Phi) is 8.28. The molecule has 0 radical (unpaired) electrons. The molecular weight excluding hydrogens is 556 g/mol. The molecule has 4 amide bonds. The van der Waals surface area contributed by atoms with Crippen LogP contribution < -0.4 is 31.9 Å². The van der Waals surface area contributed by atoms with E-state index in [-0.39, 0.29) is 33.5 Å². The third-order valence-electron chi connectivity index (χ3n) is 5.02. The van der Waals surface area contributed by atoms with E-state index in [4.69, 9.17) is 15.7 Å². The minimum atomic E-state index is -0.972. The van der Waals surface area contributed by atoms with E-state index in [1.807, 2.05) is 0 Å². The summed E-state index contributed by atoms with van der Waals surface area (Å²) in [7, 11) is 1.45. The number of nitrogens with two attached hydrogens (primary N) is 1. The molecule has 0 bridgehead atoms. The first-order valence-electron chi connectivity index (χ1n) is 10.8. The van der Waals surface area contributed by atoms with Gasteiger partial charge >= 0.3 is 6.03 Å². The highest BCUT2D eigenvalue weighted by molar-refractivity contribution is 7.23. The number of anilines is 3. The molecule has 0 aliphatic rings. The summed E-state index contributed by atoms with van der Waals surface area (Å²) in [4.78, 5) is 44.3. The fraction of sp³-hybridized carbons (Fsp3) is 0.0870. The van der Waals surface area contributed by atoms with Gasteiger partial charge in [-0.2, -0.15) is 0 Å². The molecular formula is C23H19F2N7O5S2. The van der Waals surface area contributed by atoms with Gasteiger partial charge in [0.15, 0.2) is 5.13 Å². The first kappa shape index (κ1) is 27.4. The Morgan fingerprint density at radius 1 is 1.10 bits per heavy atom. The average Bonchev–Trinajstić information content (AvgIpc) is 3.55. The van der Waals surface area contributed by atoms with Crippen LogP contribution in [0, 0.1) is 11.6 Å². The number of ether oxygens (including phenoxy) is 1. The molecule has 0 spiro atoms. The summed E-state index contributed by atoms with van der Waals surface area (Å²) in [6.45, 7) is -0.475. The van der Waals surface area contributed by atoms with E-state index in [0.717, 1.165) is 28.7 Å². The number of methoxy groups -OCH3 is 1. The first-order chi connectivity index (χ1) is 18.7. The van der Waals surface area contributed by atoms with Gasteiger partial charge in [0.25, 0.3) is 11.8 Å². The normalized spacial score (nSPS) is 10.6. The number of amides is 4. The second kappa shape index (κ2) is 11.8. The number of thiazole rings is 2. The van der Waals surface area contributed by atoms with Gasteiger partial charge in [-0.05, 0) is 24.3 Å². The van der Waals surface area contributed by atoms with Crippen molar-refractivity contribution >= 4 is 57.2 Å². The van der Waals surface area contributed by atoms with E-state index in [9.17, 15) is 23.2 Å². The van der Waals surface area contributed by atoms with E-state index in [1.54, 1.807) is 12.1 Å². The SMILES string of the molecule is COc1cccc(C(=O)Nc2cc(-c3csc(-c4sc(NC(=O)NCC(=O)NO)nc4N)n3)c(F)cc2F)c1. The number of rotatable bonds is 8. The van der Waals surface area contributed by atoms with Gasteiger partial charge in [0.05, 0.1) is 18.5 Å². The Bertz CT molecular complexity index is 1560. The number of halogens is 2. The molecule has 2 aromatic heterocycles. The van der Waals surface area contributed by atoms with Crippen molar-refractivity contribution < 1.29 is 33.1 Å². The maximum absolute atomic E-state index is 14.7. The largest absolute Gasteiger partial charge is 0.497 e. The van der Waals surface area contributed by atoms with Crippen LogP contribution in [-0.4, -0.2) is 46.7 Å². The summed E-state index contributed by atoms with van der Waals surface area (Å²) in [5.41, 5.74) is 7.38. The highest BCUT2D eigenvalue weighted by Crippen LogP contribution is 2.39. The molecule has 16 heteroatoms. The zero-order valence-corrected chi connectivity index (χ0v) is 21.5. The molecule has 39 heavy (non-hydrogen) atoms. The molecule has 0 unspecified atom stereocenters. The molecule has 202 valence electrons. The van der Waals surface area contributed by atoms with Gasteiger partial charge in [-0.15, -0.1) is 11.3 Å². The van der Waals surface area contributed by atoms with Crippen molar-refractivity contribution in [3.63, 3.8) is 0 Å². The minimum absolute atomic E-state index is 0.0371. The lowest BCUT2D eigenvalue weighted by Gasteiger charge is -2.10. The number of hydroxylamine groups is 1. The monoisotopic (exact) mass is 575 g/mol. The van der Waals surface area contributed by atoms with Crippen LogP contribution in [-0.2, 0) is 4.79 Å². The van der Waals surface area contributed by atoms with Crippen LogP contribution in [0.4, 0.5) is 30.2 Å². The Hall–Kier alpha value is -4.67. The van der Waals surface area contributed by atoms with Gasteiger partial charge in [0.1, 0.15) is 39.6 Å². The number of hydrogen-bond donors (Lipinski definition) is 6. The van der Waals surface area contributed by atoms with Gasteiger partial charge in [-0.25, -0.2) is 29.0 Å². The lowest BCUT2D eigenvalue weighted by molar-refractivity contribution is -0.128. The van der Waals surface area contributed by atoms with Gasteiger partial charge in [0, 0.05) is 22.6 Å². The summed E-state index contributed by atoms with van der Waals surface area (Å²) in [6, 6.07) is 7.26. The van der Waals surface area contributed by atoms with E-state index in [1.165, 1.54) is 30.1 Å². The average molecular weight is 576 g/mol. The maximum Gasteiger partial charge on any atom is 0.321 e. The summed E-state index contributed by atoms with van der Waals surface area (Å²) in [5.74, 6) is -2.84. The van der Waals surface area contributed by atoms with Crippen LogP contribution in [0.15, 0.2) is 41.8 Å². The molecule has 0 saturated heterocycles. The molecule has 0 aliphatic carbocycles. The number of nitrogens with one attached hydrogen (secondary N) is 4. The fourth-order valence-corrected chi connectivity index (χ4v) is 4.98. The predicted octanol–water partition coefficient (Wildman–Crippen LogP) is 3.68. The molecule has 2 heterocycles. The zero-order chi connectivity index (χ0) is 28.1. The van der Waals surface area contributed by atoms with Crippen LogP contribution in [0.5, 0.6) is 5.75 Å². The van der Waals surface area contributed by atoms with Crippen molar-refractivity contribution in [1.29, 1.82) is 0 Å². The molecule has 2 aromatic carbocycles. The van der Waals surface area contributed by atoms with Gasteiger partial charge in [-0.3, -0.25) is 20.1 Å². The number of carbonyl (C=O) groups is 3. The maximum atomic E-state index is 14.7. The van der Waals surface area contributed by atoms with Crippen LogP contribution in [0.25, 0.3) is 21.1 Å². The van der Waals surface area contributed by atoms with E-state index in [0.29, 0.717) is 21.7 Å². The Morgan fingerprint density at radius 2 is 1.90 bits per heavy atom. The molecule has 0 atom stereocenters. The summed E-state index contributed by atoms with van der Waals surface area (Å²) in [5, 5.41) is 17.5. The minimum Gasteiger partial charge on any atom is -0.497 e. The number of benzene rings is 2. The predicted molar refractivity (Wildman–Crippen MR) is 141 cm³/mol. The zero-order valence-electron chi connectivity index (χ0n) is 19.9. The topological polar surface area (TPSA) is 181 Å².